The highest BCUT2D eigenvalue weighted by Crippen LogP contribution is 2.46. The van der Waals surface area contributed by atoms with Gasteiger partial charge in [-0.05, 0) is 48.9 Å². The number of carboxylic acid groups (broad SMARTS) is 1. The monoisotopic (exact) mass is 576 g/mol. The van der Waals surface area contributed by atoms with Gasteiger partial charge in [-0.3, -0.25) is 14.3 Å². The first-order valence-corrected chi connectivity index (χ1v) is 13.1. The van der Waals surface area contributed by atoms with Gasteiger partial charge in [0.05, 0.1) is 26.3 Å². The van der Waals surface area contributed by atoms with Crippen LogP contribution in [0.2, 0.25) is 0 Å². The summed E-state index contributed by atoms with van der Waals surface area (Å²) in [5.41, 5.74) is 0.373. The van der Waals surface area contributed by atoms with Gasteiger partial charge in [0.2, 0.25) is 5.75 Å². The fraction of sp³-hybridized carbons (Fsp3) is 0.185. The van der Waals surface area contributed by atoms with Gasteiger partial charge in [-0.25, -0.2) is 17.2 Å². The van der Waals surface area contributed by atoms with Crippen LogP contribution in [0.25, 0.3) is 6.08 Å². The molecule has 0 aliphatic heterocycles. The predicted molar refractivity (Wildman–Crippen MR) is 143 cm³/mol. The molecule has 40 heavy (non-hydrogen) atoms. The number of halogens is 2. The van der Waals surface area contributed by atoms with E-state index in [1.54, 1.807) is 6.92 Å². The zero-order valence-electron chi connectivity index (χ0n) is 21.7. The van der Waals surface area contributed by atoms with E-state index in [0.29, 0.717) is 18.2 Å². The first-order valence-electron chi connectivity index (χ1n) is 11.7. The van der Waals surface area contributed by atoms with E-state index in [1.807, 2.05) is 0 Å². The van der Waals surface area contributed by atoms with Gasteiger partial charge in [0.15, 0.2) is 17.2 Å². The average Bonchev–Trinajstić information content (AvgIpc) is 2.89. The van der Waals surface area contributed by atoms with Crippen molar-refractivity contribution in [3.05, 3.63) is 77.4 Å². The van der Waals surface area contributed by atoms with Gasteiger partial charge < -0.3 is 24.6 Å². The lowest BCUT2D eigenvalue weighted by Crippen LogP contribution is -2.23. The van der Waals surface area contributed by atoms with Crippen molar-refractivity contribution in [2.45, 2.75) is 18.2 Å². The third kappa shape index (κ3) is 6.49. The first-order chi connectivity index (χ1) is 18.9. The quantitative estimate of drug-likeness (QED) is 0.284. The molecule has 10 nitrogen and oxygen atoms in total. The third-order valence-corrected chi connectivity index (χ3v) is 6.91. The van der Waals surface area contributed by atoms with Gasteiger partial charge in [-0.15, -0.1) is 0 Å². The number of benzene rings is 3. The molecular weight excluding hydrogens is 550 g/mol. The second-order valence-electron chi connectivity index (χ2n) is 8.14. The number of carboxylic acids is 1. The molecule has 3 aromatic rings. The lowest BCUT2D eigenvalue weighted by Gasteiger charge is -2.20. The van der Waals surface area contributed by atoms with E-state index in [4.69, 9.17) is 14.2 Å². The van der Waals surface area contributed by atoms with Crippen LogP contribution in [0.5, 0.6) is 23.0 Å². The van der Waals surface area contributed by atoms with Gasteiger partial charge in [-0.1, -0.05) is 12.7 Å². The molecule has 0 saturated heterocycles. The minimum atomic E-state index is -4.64. The summed E-state index contributed by atoms with van der Waals surface area (Å²) >= 11 is 0. The number of hydrogen-bond donors (Lipinski definition) is 3. The van der Waals surface area contributed by atoms with Crippen LogP contribution in [0.15, 0.2) is 53.9 Å². The standard InChI is InChI=1S/C27H26F2N2O8S/c1-5-18-16(13-24(32)33)12-22(37-3)26(25(18)38-4)39-21-9-7-15(27(34)30-6-2)11-20(21)31-40(35,36)23-10-8-17(28)14-19(23)29/h5,7-12,14,31H,1,6,13H2,2-4H3,(H,30,34)(H,32,33). The molecule has 212 valence electrons. The Bertz CT molecular complexity index is 1580. The van der Waals surface area contributed by atoms with Crippen molar-refractivity contribution in [2.24, 2.45) is 0 Å². The van der Waals surface area contributed by atoms with Gasteiger partial charge in [0, 0.05) is 23.7 Å². The molecular formula is C27H26F2N2O8S. The summed E-state index contributed by atoms with van der Waals surface area (Å²) in [6, 6.07) is 7.19. The zero-order valence-corrected chi connectivity index (χ0v) is 22.5. The van der Waals surface area contributed by atoms with E-state index in [1.165, 1.54) is 44.6 Å². The molecule has 1 amide bonds. The van der Waals surface area contributed by atoms with Crippen molar-refractivity contribution in [3.8, 4) is 23.0 Å². The minimum Gasteiger partial charge on any atom is -0.493 e. The van der Waals surface area contributed by atoms with Gasteiger partial charge in [-0.2, -0.15) is 0 Å². The van der Waals surface area contributed by atoms with Crippen molar-refractivity contribution in [1.82, 2.24) is 5.32 Å². The Balaban J connectivity index is 2.20. The van der Waals surface area contributed by atoms with Gasteiger partial charge in [0.1, 0.15) is 16.5 Å². The smallest absolute Gasteiger partial charge is 0.307 e. The van der Waals surface area contributed by atoms with Crippen LogP contribution in [0.1, 0.15) is 28.4 Å². The van der Waals surface area contributed by atoms with Gasteiger partial charge >= 0.3 is 5.97 Å². The van der Waals surface area contributed by atoms with Crippen LogP contribution in [-0.4, -0.2) is 46.2 Å². The molecule has 0 aliphatic carbocycles. The van der Waals surface area contributed by atoms with E-state index in [-0.39, 0.29) is 46.2 Å². The van der Waals surface area contributed by atoms with Crippen molar-refractivity contribution < 1.29 is 46.1 Å². The lowest BCUT2D eigenvalue weighted by atomic mass is 10.0. The molecule has 13 heteroatoms. The molecule has 0 atom stereocenters. The summed E-state index contributed by atoms with van der Waals surface area (Å²) in [4.78, 5) is 23.0. The largest absolute Gasteiger partial charge is 0.493 e. The van der Waals surface area contributed by atoms with Crippen molar-refractivity contribution in [2.75, 3.05) is 25.5 Å². The van der Waals surface area contributed by atoms with Crippen LogP contribution in [-0.2, 0) is 21.2 Å². The summed E-state index contributed by atoms with van der Waals surface area (Å²) < 4.78 is 73.0. The van der Waals surface area contributed by atoms with Crippen LogP contribution in [0, 0.1) is 11.6 Å². The second-order valence-corrected chi connectivity index (χ2v) is 9.79. The molecule has 3 aromatic carbocycles. The zero-order chi connectivity index (χ0) is 29.6. The van der Waals surface area contributed by atoms with Crippen LogP contribution in [0.3, 0.4) is 0 Å². The van der Waals surface area contributed by atoms with E-state index >= 15 is 0 Å². The number of amides is 1. The molecule has 0 unspecified atom stereocenters. The summed E-state index contributed by atoms with van der Waals surface area (Å²) in [6.45, 7) is 5.69. The summed E-state index contributed by atoms with van der Waals surface area (Å²) in [6.07, 6.45) is 0.979. The number of aliphatic carboxylic acids is 1. The van der Waals surface area contributed by atoms with Crippen molar-refractivity contribution in [1.29, 1.82) is 0 Å². The topological polar surface area (TPSA) is 140 Å². The molecule has 0 bridgehead atoms. The summed E-state index contributed by atoms with van der Waals surface area (Å²) in [5.74, 6) is -4.08. The number of anilines is 1. The SMILES string of the molecule is C=Cc1c(CC(=O)O)cc(OC)c(Oc2ccc(C(=O)NCC)cc2NS(=O)(=O)c2ccc(F)cc2F)c1OC. The van der Waals surface area contributed by atoms with Gasteiger partial charge in [0.25, 0.3) is 15.9 Å². The van der Waals surface area contributed by atoms with Crippen molar-refractivity contribution in [3.63, 3.8) is 0 Å². The number of methoxy groups -OCH3 is 2. The highest BCUT2D eigenvalue weighted by Gasteiger charge is 2.26. The van der Waals surface area contributed by atoms with E-state index in [0.717, 1.165) is 12.1 Å². The van der Waals surface area contributed by atoms with Crippen LogP contribution < -0.4 is 24.2 Å². The van der Waals surface area contributed by atoms with E-state index in [2.05, 4.69) is 16.6 Å². The Morgan fingerprint density at radius 3 is 2.33 bits per heavy atom. The fourth-order valence-corrected chi connectivity index (χ4v) is 4.89. The lowest BCUT2D eigenvalue weighted by molar-refractivity contribution is -0.136. The van der Waals surface area contributed by atoms with E-state index < -0.39 is 38.4 Å². The molecule has 0 radical (unpaired) electrons. The molecule has 0 fully saturated rings. The van der Waals surface area contributed by atoms with Crippen molar-refractivity contribution >= 4 is 33.7 Å². The maximum atomic E-state index is 14.4. The highest BCUT2D eigenvalue weighted by atomic mass is 32.2. The molecule has 3 rings (SSSR count). The molecule has 0 saturated carbocycles. The minimum absolute atomic E-state index is 0.0387. The number of hydrogen-bond acceptors (Lipinski definition) is 7. The summed E-state index contributed by atoms with van der Waals surface area (Å²) in [5, 5.41) is 11.9. The highest BCUT2D eigenvalue weighted by molar-refractivity contribution is 7.92. The maximum absolute atomic E-state index is 14.4. The number of rotatable bonds is 12. The fourth-order valence-electron chi connectivity index (χ4n) is 3.77. The number of carbonyl (C=O) groups is 2. The normalized spacial score (nSPS) is 10.9. The maximum Gasteiger partial charge on any atom is 0.307 e. The molecule has 0 heterocycles. The second kappa shape index (κ2) is 12.5. The Hall–Kier alpha value is -4.65. The molecule has 0 spiro atoms. The van der Waals surface area contributed by atoms with Crippen LogP contribution in [0.4, 0.5) is 14.5 Å². The Morgan fingerprint density at radius 1 is 1.02 bits per heavy atom. The average molecular weight is 577 g/mol. The Kier molecular flexibility index (Phi) is 9.32. The first kappa shape index (κ1) is 29.9. The van der Waals surface area contributed by atoms with Crippen LogP contribution >= 0.6 is 0 Å². The van der Waals surface area contributed by atoms with E-state index in [9.17, 15) is 31.9 Å². The Labute approximate surface area is 229 Å². The summed E-state index contributed by atoms with van der Waals surface area (Å²) in [7, 11) is -2.03. The third-order valence-electron chi connectivity index (χ3n) is 5.51. The number of ether oxygens (including phenoxy) is 3. The molecule has 3 N–H and O–H groups in total. The Morgan fingerprint density at radius 2 is 1.75 bits per heavy atom. The number of carbonyl (C=O) groups excluding carboxylic acids is 1. The predicted octanol–water partition coefficient (Wildman–Crippen LogP) is 4.59. The molecule has 0 aliphatic rings. The number of nitrogens with one attached hydrogen (secondary N) is 2. The number of sulfonamides is 1. The molecule has 0 aromatic heterocycles.